The van der Waals surface area contributed by atoms with Gasteiger partial charge in [0.15, 0.2) is 0 Å². The molecule has 3 N–H and O–H groups in total. The van der Waals surface area contributed by atoms with Crippen molar-refractivity contribution in [3.63, 3.8) is 0 Å². The van der Waals surface area contributed by atoms with Crippen molar-refractivity contribution < 1.29 is 4.79 Å². The van der Waals surface area contributed by atoms with Crippen LogP contribution in [0.1, 0.15) is 12.0 Å². The quantitative estimate of drug-likeness (QED) is 0.754. The van der Waals surface area contributed by atoms with E-state index in [0.29, 0.717) is 11.4 Å². The highest BCUT2D eigenvalue weighted by atomic mass is 35.5. The maximum Gasteiger partial charge on any atom is 0.136 e. The summed E-state index contributed by atoms with van der Waals surface area (Å²) in [6.45, 7) is 0. The Bertz CT molecular complexity index is 341. The molecule has 0 saturated carbocycles. The van der Waals surface area contributed by atoms with Crippen molar-refractivity contribution in [3.8, 4) is 0 Å². The first-order valence-corrected chi connectivity index (χ1v) is 5.22. The molecule has 82 valence electrons. The summed E-state index contributed by atoms with van der Waals surface area (Å²) < 4.78 is 0. The molecular formula is C11H15ClN2O. The summed E-state index contributed by atoms with van der Waals surface area (Å²) in [6, 6.07) is 5.25. The van der Waals surface area contributed by atoms with Crippen molar-refractivity contribution in [2.75, 3.05) is 12.4 Å². The molecular weight excluding hydrogens is 212 g/mol. The van der Waals surface area contributed by atoms with Crippen LogP contribution in [0.15, 0.2) is 18.2 Å². The van der Waals surface area contributed by atoms with E-state index in [-0.39, 0.29) is 0 Å². The second-order valence-electron chi connectivity index (χ2n) is 3.39. The van der Waals surface area contributed by atoms with E-state index in [4.69, 9.17) is 17.3 Å². The third-order valence-electron chi connectivity index (χ3n) is 2.26. The fourth-order valence-corrected chi connectivity index (χ4v) is 1.60. The third-order valence-corrected chi connectivity index (χ3v) is 2.49. The van der Waals surface area contributed by atoms with Crippen molar-refractivity contribution in [1.82, 2.24) is 0 Å². The molecule has 0 aromatic heterocycles. The number of carbonyl (C=O) groups is 1. The Morgan fingerprint density at radius 2 is 2.33 bits per heavy atom. The van der Waals surface area contributed by atoms with Gasteiger partial charge in [0.05, 0.1) is 6.04 Å². The molecule has 0 spiro atoms. The van der Waals surface area contributed by atoms with E-state index in [1.54, 1.807) is 0 Å². The third kappa shape index (κ3) is 3.53. The number of aryl methyl sites for hydroxylation is 1. The Morgan fingerprint density at radius 3 is 2.93 bits per heavy atom. The van der Waals surface area contributed by atoms with Crippen LogP contribution < -0.4 is 11.1 Å². The lowest BCUT2D eigenvalue weighted by Gasteiger charge is -2.10. The first-order chi connectivity index (χ1) is 7.17. The van der Waals surface area contributed by atoms with Crippen molar-refractivity contribution in [2.24, 2.45) is 5.73 Å². The summed E-state index contributed by atoms with van der Waals surface area (Å²) in [7, 11) is 1.85. The summed E-state index contributed by atoms with van der Waals surface area (Å²) in [6.07, 6.45) is 2.15. The van der Waals surface area contributed by atoms with Gasteiger partial charge in [-0.2, -0.15) is 0 Å². The molecule has 1 aromatic carbocycles. The summed E-state index contributed by atoms with van der Waals surface area (Å²) >= 11 is 5.89. The van der Waals surface area contributed by atoms with Gasteiger partial charge in [-0.25, -0.2) is 0 Å². The number of carbonyl (C=O) groups excluding carboxylic acids is 1. The normalized spacial score (nSPS) is 12.2. The smallest absolute Gasteiger partial charge is 0.136 e. The highest BCUT2D eigenvalue weighted by Gasteiger charge is 2.05. The number of nitrogens with one attached hydrogen (secondary N) is 1. The number of hydrogen-bond acceptors (Lipinski definition) is 3. The molecule has 1 rings (SSSR count). The van der Waals surface area contributed by atoms with E-state index >= 15 is 0 Å². The van der Waals surface area contributed by atoms with Gasteiger partial charge in [0.1, 0.15) is 6.29 Å². The second-order valence-corrected chi connectivity index (χ2v) is 3.83. The van der Waals surface area contributed by atoms with Crippen LogP contribution in [0.2, 0.25) is 5.02 Å². The molecule has 1 unspecified atom stereocenters. The fraction of sp³-hybridized carbons (Fsp3) is 0.364. The van der Waals surface area contributed by atoms with Crippen molar-refractivity contribution in [3.05, 3.63) is 28.8 Å². The van der Waals surface area contributed by atoms with Crippen LogP contribution in [0.3, 0.4) is 0 Å². The van der Waals surface area contributed by atoms with Gasteiger partial charge >= 0.3 is 0 Å². The number of halogens is 1. The lowest BCUT2D eigenvalue weighted by molar-refractivity contribution is -0.109. The van der Waals surface area contributed by atoms with Crippen molar-refractivity contribution in [2.45, 2.75) is 18.9 Å². The van der Waals surface area contributed by atoms with Crippen LogP contribution in [0.4, 0.5) is 5.69 Å². The molecule has 4 heteroatoms. The number of aldehydes is 1. The largest absolute Gasteiger partial charge is 0.388 e. The first-order valence-electron chi connectivity index (χ1n) is 4.84. The molecule has 3 nitrogen and oxygen atoms in total. The molecule has 0 radical (unpaired) electrons. The monoisotopic (exact) mass is 226 g/mol. The van der Waals surface area contributed by atoms with E-state index in [2.05, 4.69) is 5.32 Å². The molecule has 0 heterocycles. The number of hydrogen-bond donors (Lipinski definition) is 2. The van der Waals surface area contributed by atoms with Crippen LogP contribution in [0.25, 0.3) is 0 Å². The van der Waals surface area contributed by atoms with Gasteiger partial charge in [-0.05, 0) is 36.6 Å². The SMILES string of the molecule is CNc1ccc(Cl)cc1CCC(N)C=O. The number of anilines is 1. The molecule has 0 aliphatic heterocycles. The van der Waals surface area contributed by atoms with Crippen LogP contribution in [-0.2, 0) is 11.2 Å². The molecule has 0 amide bonds. The predicted octanol–water partition coefficient (Wildman–Crippen LogP) is 1.84. The summed E-state index contributed by atoms with van der Waals surface area (Å²) in [4.78, 5) is 10.4. The number of rotatable bonds is 5. The van der Waals surface area contributed by atoms with Gasteiger partial charge in [-0.15, -0.1) is 0 Å². The van der Waals surface area contributed by atoms with Gasteiger partial charge in [0.25, 0.3) is 0 Å². The molecule has 15 heavy (non-hydrogen) atoms. The standard InChI is InChI=1S/C11H15ClN2O/c1-14-11-5-3-9(12)6-8(11)2-4-10(13)7-15/h3,5-7,10,14H,2,4,13H2,1H3. The van der Waals surface area contributed by atoms with Crippen molar-refractivity contribution in [1.29, 1.82) is 0 Å². The van der Waals surface area contributed by atoms with E-state index in [0.717, 1.165) is 24.0 Å². The minimum atomic E-state index is -0.395. The Hall–Kier alpha value is -1.06. The number of nitrogens with two attached hydrogens (primary N) is 1. The highest BCUT2D eigenvalue weighted by molar-refractivity contribution is 6.30. The summed E-state index contributed by atoms with van der Waals surface area (Å²) in [5, 5.41) is 3.77. The zero-order valence-corrected chi connectivity index (χ0v) is 9.42. The number of benzene rings is 1. The van der Waals surface area contributed by atoms with Crippen LogP contribution in [0.5, 0.6) is 0 Å². The zero-order chi connectivity index (χ0) is 11.3. The topological polar surface area (TPSA) is 55.1 Å². The minimum Gasteiger partial charge on any atom is -0.388 e. The van der Waals surface area contributed by atoms with Crippen LogP contribution in [0, 0.1) is 0 Å². The van der Waals surface area contributed by atoms with Crippen LogP contribution >= 0.6 is 11.6 Å². The van der Waals surface area contributed by atoms with Gasteiger partial charge in [0, 0.05) is 17.8 Å². The Morgan fingerprint density at radius 1 is 1.60 bits per heavy atom. The van der Waals surface area contributed by atoms with Crippen LogP contribution in [-0.4, -0.2) is 19.4 Å². The van der Waals surface area contributed by atoms with Gasteiger partial charge < -0.3 is 15.8 Å². The average Bonchev–Trinajstić information content (AvgIpc) is 2.26. The highest BCUT2D eigenvalue weighted by Crippen LogP contribution is 2.21. The lowest BCUT2D eigenvalue weighted by atomic mass is 10.0. The molecule has 0 aliphatic rings. The zero-order valence-electron chi connectivity index (χ0n) is 8.66. The Labute approximate surface area is 94.6 Å². The van der Waals surface area contributed by atoms with E-state index in [1.165, 1.54) is 0 Å². The molecule has 1 atom stereocenters. The van der Waals surface area contributed by atoms with E-state index in [1.807, 2.05) is 25.2 Å². The second kappa shape index (κ2) is 5.73. The molecule has 0 bridgehead atoms. The molecule has 0 saturated heterocycles. The fourth-order valence-electron chi connectivity index (χ4n) is 1.40. The van der Waals surface area contributed by atoms with Crippen molar-refractivity contribution >= 4 is 23.6 Å². The maximum atomic E-state index is 10.4. The van der Waals surface area contributed by atoms with Gasteiger partial charge in [-0.3, -0.25) is 0 Å². The van der Waals surface area contributed by atoms with E-state index < -0.39 is 6.04 Å². The average molecular weight is 227 g/mol. The molecule has 0 aliphatic carbocycles. The summed E-state index contributed by atoms with van der Waals surface area (Å²) in [5.74, 6) is 0. The molecule has 0 fully saturated rings. The summed E-state index contributed by atoms with van der Waals surface area (Å²) in [5.41, 5.74) is 7.64. The Kier molecular flexibility index (Phi) is 4.59. The van der Waals surface area contributed by atoms with Gasteiger partial charge in [0.2, 0.25) is 0 Å². The van der Waals surface area contributed by atoms with Gasteiger partial charge in [-0.1, -0.05) is 11.6 Å². The lowest BCUT2D eigenvalue weighted by Crippen LogP contribution is -2.22. The molecule has 1 aromatic rings. The predicted molar refractivity (Wildman–Crippen MR) is 63.4 cm³/mol. The maximum absolute atomic E-state index is 10.4. The minimum absolute atomic E-state index is 0.395. The first kappa shape index (κ1) is 12.0. The van der Waals surface area contributed by atoms with E-state index in [9.17, 15) is 4.79 Å². The Balaban J connectivity index is 2.73.